The molecule has 0 spiro atoms. The predicted octanol–water partition coefficient (Wildman–Crippen LogP) is 3.65. The fraction of sp³-hybridized carbons (Fsp3) is 0.440. The van der Waals surface area contributed by atoms with E-state index in [2.05, 4.69) is 24.3 Å². The number of amides is 2. The first-order valence-corrected chi connectivity index (χ1v) is 10.9. The maximum Gasteiger partial charge on any atom is 0.226 e. The quantitative estimate of drug-likeness (QED) is 0.802. The summed E-state index contributed by atoms with van der Waals surface area (Å²) in [5, 5.41) is 0. The first-order valence-electron chi connectivity index (χ1n) is 10.9. The van der Waals surface area contributed by atoms with E-state index in [9.17, 15) is 9.59 Å². The summed E-state index contributed by atoms with van der Waals surface area (Å²) in [5.41, 5.74) is 2.55. The third kappa shape index (κ3) is 3.81. The number of rotatable bonds is 4. The van der Waals surface area contributed by atoms with Crippen LogP contribution in [-0.4, -0.2) is 47.8 Å². The summed E-state index contributed by atoms with van der Waals surface area (Å²) in [6.45, 7) is 2.89. The van der Waals surface area contributed by atoms with Gasteiger partial charge in [0.15, 0.2) is 0 Å². The van der Waals surface area contributed by atoms with Gasteiger partial charge in [-0.25, -0.2) is 0 Å². The molecule has 5 rings (SSSR count). The first-order chi connectivity index (χ1) is 14.2. The molecule has 2 saturated carbocycles. The van der Waals surface area contributed by atoms with Gasteiger partial charge in [-0.3, -0.25) is 9.59 Å². The van der Waals surface area contributed by atoms with Gasteiger partial charge in [-0.15, -0.1) is 0 Å². The molecular formula is C25H28N2O2. The first kappa shape index (κ1) is 18.4. The van der Waals surface area contributed by atoms with Gasteiger partial charge in [0.1, 0.15) is 0 Å². The maximum atomic E-state index is 13.0. The molecule has 2 aromatic carbocycles. The molecule has 1 heterocycles. The summed E-state index contributed by atoms with van der Waals surface area (Å²) in [4.78, 5) is 30.0. The highest BCUT2D eigenvalue weighted by Gasteiger charge is 2.47. The van der Waals surface area contributed by atoms with Crippen LogP contribution in [0.2, 0.25) is 0 Å². The van der Waals surface area contributed by atoms with Crippen molar-refractivity contribution in [2.45, 2.75) is 31.1 Å². The molecular weight excluding hydrogens is 360 g/mol. The Bertz CT molecular complexity index is 809. The molecule has 3 fully saturated rings. The lowest BCUT2D eigenvalue weighted by molar-refractivity contribution is -0.135. The average molecular weight is 389 g/mol. The summed E-state index contributed by atoms with van der Waals surface area (Å²) >= 11 is 0. The van der Waals surface area contributed by atoms with Crippen molar-refractivity contribution in [1.29, 1.82) is 0 Å². The molecule has 2 amide bonds. The van der Waals surface area contributed by atoms with Crippen LogP contribution < -0.4 is 0 Å². The number of carbonyl (C=O) groups excluding carboxylic acids is 2. The van der Waals surface area contributed by atoms with E-state index in [1.165, 1.54) is 11.1 Å². The number of nitrogens with zero attached hydrogens (tertiary/aromatic N) is 2. The van der Waals surface area contributed by atoms with Crippen molar-refractivity contribution in [1.82, 2.24) is 9.80 Å². The van der Waals surface area contributed by atoms with Crippen molar-refractivity contribution in [2.24, 2.45) is 11.8 Å². The van der Waals surface area contributed by atoms with Gasteiger partial charge < -0.3 is 9.80 Å². The average Bonchev–Trinajstić information content (AvgIpc) is 3.67. The summed E-state index contributed by atoms with van der Waals surface area (Å²) in [7, 11) is 0. The smallest absolute Gasteiger partial charge is 0.226 e. The molecule has 4 heteroatoms. The third-order valence-corrected chi connectivity index (χ3v) is 6.79. The Balaban J connectivity index is 1.15. The van der Waals surface area contributed by atoms with Crippen LogP contribution in [0.15, 0.2) is 60.7 Å². The number of carbonyl (C=O) groups is 2. The SMILES string of the molecule is O=C([C@H]1C[C@H]1c1ccccc1)N1CCCN(C(=O)[C@@H]2C[C@@H]2c2ccccc2)CC1. The fourth-order valence-electron chi connectivity index (χ4n) is 4.90. The predicted molar refractivity (Wildman–Crippen MR) is 112 cm³/mol. The van der Waals surface area contributed by atoms with Crippen molar-refractivity contribution in [3.8, 4) is 0 Å². The Hall–Kier alpha value is -2.62. The molecule has 0 radical (unpaired) electrons. The lowest BCUT2D eigenvalue weighted by atomic mass is 10.1. The van der Waals surface area contributed by atoms with E-state index in [4.69, 9.17) is 0 Å². The minimum atomic E-state index is 0.130. The summed E-state index contributed by atoms with van der Waals surface area (Å²) in [6.07, 6.45) is 2.80. The molecule has 0 bridgehead atoms. The molecule has 4 atom stereocenters. The van der Waals surface area contributed by atoms with Gasteiger partial charge in [0.25, 0.3) is 0 Å². The van der Waals surface area contributed by atoms with E-state index < -0.39 is 0 Å². The largest absolute Gasteiger partial charge is 0.341 e. The Labute approximate surface area is 172 Å². The van der Waals surface area contributed by atoms with E-state index in [0.717, 1.165) is 32.4 Å². The molecule has 2 aliphatic carbocycles. The van der Waals surface area contributed by atoms with Gasteiger partial charge in [-0.05, 0) is 42.2 Å². The zero-order chi connectivity index (χ0) is 19.8. The lowest BCUT2D eigenvalue weighted by Gasteiger charge is -2.22. The molecule has 0 unspecified atom stereocenters. The molecule has 3 aliphatic rings. The molecule has 29 heavy (non-hydrogen) atoms. The highest BCUT2D eigenvalue weighted by molar-refractivity contribution is 5.84. The topological polar surface area (TPSA) is 40.6 Å². The Morgan fingerprint density at radius 3 is 1.45 bits per heavy atom. The van der Waals surface area contributed by atoms with E-state index in [-0.39, 0.29) is 23.7 Å². The zero-order valence-electron chi connectivity index (χ0n) is 16.7. The molecule has 1 aliphatic heterocycles. The van der Waals surface area contributed by atoms with Gasteiger partial charge in [-0.1, -0.05) is 60.7 Å². The van der Waals surface area contributed by atoms with Crippen molar-refractivity contribution in [3.05, 3.63) is 71.8 Å². The minimum absolute atomic E-state index is 0.130. The lowest BCUT2D eigenvalue weighted by Crippen LogP contribution is -2.38. The van der Waals surface area contributed by atoms with Crippen LogP contribution >= 0.6 is 0 Å². The monoisotopic (exact) mass is 388 g/mol. The summed E-state index contributed by atoms with van der Waals surface area (Å²) < 4.78 is 0. The van der Waals surface area contributed by atoms with E-state index in [1.54, 1.807) is 0 Å². The van der Waals surface area contributed by atoms with E-state index in [1.807, 2.05) is 46.2 Å². The van der Waals surface area contributed by atoms with Crippen molar-refractivity contribution >= 4 is 11.8 Å². The Morgan fingerprint density at radius 2 is 1.03 bits per heavy atom. The van der Waals surface area contributed by atoms with Crippen molar-refractivity contribution < 1.29 is 9.59 Å². The molecule has 0 N–H and O–H groups in total. The summed E-state index contributed by atoms with van der Waals surface area (Å²) in [5.74, 6) is 1.57. The molecule has 150 valence electrons. The van der Waals surface area contributed by atoms with E-state index >= 15 is 0 Å². The molecule has 4 nitrogen and oxygen atoms in total. The minimum Gasteiger partial charge on any atom is -0.341 e. The standard InChI is InChI=1S/C25H28N2O2/c28-24(22-16-20(22)18-8-3-1-4-9-18)26-12-7-13-27(15-14-26)25(29)23-17-21(23)19-10-5-2-6-11-19/h1-6,8-11,20-23H,7,12-17H2/t20-,21+,22-,23+. The fourth-order valence-corrected chi connectivity index (χ4v) is 4.90. The van der Waals surface area contributed by atoms with E-state index in [0.29, 0.717) is 24.9 Å². The van der Waals surface area contributed by atoms with Crippen LogP contribution in [0.25, 0.3) is 0 Å². The maximum absolute atomic E-state index is 13.0. The Morgan fingerprint density at radius 1 is 0.621 bits per heavy atom. The second-order valence-corrected chi connectivity index (χ2v) is 8.72. The van der Waals surface area contributed by atoms with Crippen LogP contribution in [-0.2, 0) is 9.59 Å². The van der Waals surface area contributed by atoms with Crippen LogP contribution in [0.1, 0.15) is 42.2 Å². The molecule has 1 saturated heterocycles. The second-order valence-electron chi connectivity index (χ2n) is 8.72. The van der Waals surface area contributed by atoms with Crippen LogP contribution in [0.4, 0.5) is 0 Å². The molecule has 0 aromatic heterocycles. The normalized spacial score (nSPS) is 28.6. The van der Waals surface area contributed by atoms with Crippen LogP contribution in [0, 0.1) is 11.8 Å². The van der Waals surface area contributed by atoms with Gasteiger partial charge in [-0.2, -0.15) is 0 Å². The van der Waals surface area contributed by atoms with Crippen molar-refractivity contribution in [2.75, 3.05) is 26.2 Å². The molecule has 2 aromatic rings. The van der Waals surface area contributed by atoms with Crippen LogP contribution in [0.3, 0.4) is 0 Å². The van der Waals surface area contributed by atoms with Crippen LogP contribution in [0.5, 0.6) is 0 Å². The zero-order valence-corrected chi connectivity index (χ0v) is 16.7. The van der Waals surface area contributed by atoms with Gasteiger partial charge in [0.05, 0.1) is 0 Å². The number of benzene rings is 2. The van der Waals surface area contributed by atoms with Gasteiger partial charge in [0.2, 0.25) is 11.8 Å². The van der Waals surface area contributed by atoms with Gasteiger partial charge in [0, 0.05) is 38.0 Å². The van der Waals surface area contributed by atoms with Crippen molar-refractivity contribution in [3.63, 3.8) is 0 Å². The highest BCUT2D eigenvalue weighted by Crippen LogP contribution is 2.49. The second kappa shape index (κ2) is 7.66. The third-order valence-electron chi connectivity index (χ3n) is 6.79. The number of hydrogen-bond donors (Lipinski definition) is 0. The number of hydrogen-bond acceptors (Lipinski definition) is 2. The Kier molecular flexibility index (Phi) is 4.86. The van der Waals surface area contributed by atoms with Gasteiger partial charge >= 0.3 is 0 Å². The highest BCUT2D eigenvalue weighted by atomic mass is 16.2. The summed E-state index contributed by atoms with van der Waals surface area (Å²) in [6, 6.07) is 20.7.